The van der Waals surface area contributed by atoms with Crippen LogP contribution in [0, 0.1) is 0 Å². The Labute approximate surface area is 111 Å². The Morgan fingerprint density at radius 1 is 1.41 bits per heavy atom. The number of aliphatic hydroxyl groups excluding tert-OH is 1. The maximum Gasteiger partial charge on any atom is 0.0932 e. The van der Waals surface area contributed by atoms with E-state index in [-0.39, 0.29) is 6.10 Å². The van der Waals surface area contributed by atoms with E-state index in [4.69, 9.17) is 11.6 Å². The molecule has 1 saturated heterocycles. The van der Waals surface area contributed by atoms with Crippen LogP contribution in [-0.4, -0.2) is 42.7 Å². The molecule has 2 heterocycles. The van der Waals surface area contributed by atoms with Gasteiger partial charge in [0.1, 0.15) is 0 Å². The van der Waals surface area contributed by atoms with Gasteiger partial charge in [0.15, 0.2) is 0 Å². The lowest BCUT2D eigenvalue weighted by Gasteiger charge is -2.27. The summed E-state index contributed by atoms with van der Waals surface area (Å²) in [5.41, 5.74) is 0. The molecule has 0 aliphatic carbocycles. The predicted molar refractivity (Wildman–Crippen MR) is 72.8 cm³/mol. The molecule has 0 spiro atoms. The molecule has 1 aromatic heterocycles. The van der Waals surface area contributed by atoms with Gasteiger partial charge in [-0.3, -0.25) is 0 Å². The number of piperazine rings is 1. The van der Waals surface area contributed by atoms with Gasteiger partial charge in [-0.15, -0.1) is 11.3 Å². The Bertz CT molecular complexity index is 339. The maximum atomic E-state index is 9.98. The maximum absolute atomic E-state index is 9.98. The van der Waals surface area contributed by atoms with Crippen LogP contribution in [0.25, 0.3) is 0 Å². The van der Waals surface area contributed by atoms with Crippen molar-refractivity contribution in [3.63, 3.8) is 0 Å². The van der Waals surface area contributed by atoms with E-state index in [2.05, 4.69) is 10.2 Å². The lowest BCUT2D eigenvalue weighted by molar-refractivity contribution is 0.155. The first-order valence-corrected chi connectivity index (χ1v) is 7.31. The van der Waals surface area contributed by atoms with E-state index in [0.29, 0.717) is 0 Å². The number of aliphatic hydroxyl groups is 1. The SMILES string of the molecule is OC(CCCN1CCNCC1)c1ccc(Cl)s1. The quantitative estimate of drug-likeness (QED) is 0.863. The summed E-state index contributed by atoms with van der Waals surface area (Å²) in [5.74, 6) is 0. The van der Waals surface area contributed by atoms with Crippen LogP contribution in [0.5, 0.6) is 0 Å². The second-order valence-electron chi connectivity index (χ2n) is 4.39. The van der Waals surface area contributed by atoms with Crippen molar-refractivity contribution < 1.29 is 5.11 Å². The fourth-order valence-corrected chi connectivity index (χ4v) is 3.17. The fourth-order valence-electron chi connectivity index (χ4n) is 2.09. The Hall–Kier alpha value is -0.130. The summed E-state index contributed by atoms with van der Waals surface area (Å²) in [4.78, 5) is 3.43. The van der Waals surface area contributed by atoms with Gasteiger partial charge < -0.3 is 15.3 Å². The Morgan fingerprint density at radius 2 is 2.18 bits per heavy atom. The molecule has 1 aliphatic heterocycles. The molecule has 0 bridgehead atoms. The molecule has 17 heavy (non-hydrogen) atoms. The number of nitrogens with zero attached hydrogens (tertiary/aromatic N) is 1. The summed E-state index contributed by atoms with van der Waals surface area (Å²) in [6.07, 6.45) is 1.51. The van der Waals surface area contributed by atoms with E-state index in [1.807, 2.05) is 12.1 Å². The van der Waals surface area contributed by atoms with E-state index in [0.717, 1.165) is 54.8 Å². The van der Waals surface area contributed by atoms with Crippen molar-refractivity contribution in [2.24, 2.45) is 0 Å². The molecule has 0 radical (unpaired) electrons. The van der Waals surface area contributed by atoms with Crippen LogP contribution < -0.4 is 5.32 Å². The second kappa shape index (κ2) is 6.71. The molecule has 0 saturated carbocycles. The Morgan fingerprint density at radius 3 is 2.82 bits per heavy atom. The normalized spacial score (nSPS) is 19.4. The number of rotatable bonds is 5. The van der Waals surface area contributed by atoms with Crippen molar-refractivity contribution in [1.29, 1.82) is 0 Å². The molecule has 0 aromatic carbocycles. The zero-order valence-electron chi connectivity index (χ0n) is 9.86. The largest absolute Gasteiger partial charge is 0.388 e. The molecule has 0 amide bonds. The van der Waals surface area contributed by atoms with Gasteiger partial charge in [0.25, 0.3) is 0 Å². The zero-order valence-corrected chi connectivity index (χ0v) is 11.4. The molecule has 1 aliphatic rings. The van der Waals surface area contributed by atoms with E-state index < -0.39 is 0 Å². The van der Waals surface area contributed by atoms with Crippen LogP contribution in [0.4, 0.5) is 0 Å². The number of nitrogens with one attached hydrogen (secondary N) is 1. The van der Waals surface area contributed by atoms with Gasteiger partial charge in [-0.2, -0.15) is 0 Å². The van der Waals surface area contributed by atoms with Gasteiger partial charge in [0.05, 0.1) is 10.4 Å². The van der Waals surface area contributed by atoms with Gasteiger partial charge in [-0.25, -0.2) is 0 Å². The first-order chi connectivity index (χ1) is 8.25. The molecule has 1 unspecified atom stereocenters. The summed E-state index contributed by atoms with van der Waals surface area (Å²) in [5, 5.41) is 13.3. The zero-order chi connectivity index (χ0) is 12.1. The van der Waals surface area contributed by atoms with Crippen LogP contribution >= 0.6 is 22.9 Å². The molecule has 2 N–H and O–H groups in total. The number of hydrogen-bond donors (Lipinski definition) is 2. The highest BCUT2D eigenvalue weighted by atomic mass is 35.5. The van der Waals surface area contributed by atoms with Gasteiger partial charge >= 0.3 is 0 Å². The van der Waals surface area contributed by atoms with Crippen molar-refractivity contribution in [3.05, 3.63) is 21.3 Å². The van der Waals surface area contributed by atoms with Gasteiger partial charge in [0.2, 0.25) is 0 Å². The smallest absolute Gasteiger partial charge is 0.0932 e. The van der Waals surface area contributed by atoms with Crippen LogP contribution in [0.2, 0.25) is 4.34 Å². The van der Waals surface area contributed by atoms with E-state index in [1.54, 1.807) is 0 Å². The van der Waals surface area contributed by atoms with Crippen molar-refractivity contribution in [2.45, 2.75) is 18.9 Å². The summed E-state index contributed by atoms with van der Waals surface area (Å²) < 4.78 is 0.751. The van der Waals surface area contributed by atoms with Crippen molar-refractivity contribution in [2.75, 3.05) is 32.7 Å². The first kappa shape index (κ1) is 13.3. The highest BCUT2D eigenvalue weighted by Gasteiger charge is 2.12. The standard InChI is InChI=1S/C12H19ClN2OS/c13-12-4-3-11(17-12)10(16)2-1-7-15-8-5-14-6-9-15/h3-4,10,14,16H,1-2,5-9H2. The van der Waals surface area contributed by atoms with Crippen molar-refractivity contribution in [3.8, 4) is 0 Å². The minimum absolute atomic E-state index is 0.351. The minimum Gasteiger partial charge on any atom is -0.388 e. The fraction of sp³-hybridized carbons (Fsp3) is 0.667. The summed E-state index contributed by atoms with van der Waals surface area (Å²) in [7, 11) is 0. The minimum atomic E-state index is -0.351. The van der Waals surface area contributed by atoms with Gasteiger partial charge in [-0.1, -0.05) is 11.6 Å². The van der Waals surface area contributed by atoms with Crippen molar-refractivity contribution >= 4 is 22.9 Å². The van der Waals surface area contributed by atoms with Gasteiger partial charge in [-0.05, 0) is 31.5 Å². The third-order valence-electron chi connectivity index (χ3n) is 3.08. The Balaban J connectivity index is 1.67. The number of halogens is 1. The van der Waals surface area contributed by atoms with Crippen LogP contribution in [0.3, 0.4) is 0 Å². The average molecular weight is 275 g/mol. The van der Waals surface area contributed by atoms with E-state index >= 15 is 0 Å². The Kier molecular flexibility index (Phi) is 5.25. The predicted octanol–water partition coefficient (Wildman–Crippen LogP) is 2.12. The van der Waals surface area contributed by atoms with Crippen molar-refractivity contribution in [1.82, 2.24) is 10.2 Å². The highest BCUT2D eigenvalue weighted by molar-refractivity contribution is 7.16. The summed E-state index contributed by atoms with van der Waals surface area (Å²) in [6, 6.07) is 3.77. The molecule has 5 heteroatoms. The van der Waals surface area contributed by atoms with E-state index in [9.17, 15) is 5.11 Å². The third-order valence-corrected chi connectivity index (χ3v) is 4.42. The van der Waals surface area contributed by atoms with E-state index in [1.165, 1.54) is 11.3 Å². The number of thiophene rings is 1. The number of hydrogen-bond acceptors (Lipinski definition) is 4. The molecule has 1 atom stereocenters. The third kappa shape index (κ3) is 4.23. The second-order valence-corrected chi connectivity index (χ2v) is 6.14. The van der Waals surface area contributed by atoms with Crippen LogP contribution in [0.1, 0.15) is 23.8 Å². The van der Waals surface area contributed by atoms with Crippen LogP contribution in [-0.2, 0) is 0 Å². The topological polar surface area (TPSA) is 35.5 Å². The highest BCUT2D eigenvalue weighted by Crippen LogP contribution is 2.29. The molecule has 3 nitrogen and oxygen atoms in total. The molecular weight excluding hydrogens is 256 g/mol. The molecular formula is C12H19ClN2OS. The monoisotopic (exact) mass is 274 g/mol. The average Bonchev–Trinajstić information content (AvgIpc) is 2.77. The first-order valence-electron chi connectivity index (χ1n) is 6.12. The summed E-state index contributed by atoms with van der Waals surface area (Å²) in [6.45, 7) is 5.51. The van der Waals surface area contributed by atoms with Crippen LogP contribution in [0.15, 0.2) is 12.1 Å². The lowest BCUT2D eigenvalue weighted by Crippen LogP contribution is -2.43. The molecule has 96 valence electrons. The molecule has 1 fully saturated rings. The van der Waals surface area contributed by atoms with Gasteiger partial charge in [0, 0.05) is 31.1 Å². The molecule has 2 rings (SSSR count). The summed E-state index contributed by atoms with van der Waals surface area (Å²) >= 11 is 7.33. The molecule has 1 aromatic rings. The lowest BCUT2D eigenvalue weighted by atomic mass is 10.1.